The Morgan fingerprint density at radius 3 is 2.57 bits per heavy atom. The molecule has 2 saturated heterocycles. The van der Waals surface area contributed by atoms with Crippen molar-refractivity contribution in [2.75, 3.05) is 31.6 Å². The zero-order chi connectivity index (χ0) is 16.6. The molecule has 1 aromatic rings. The predicted molar refractivity (Wildman–Crippen MR) is 86.7 cm³/mol. The summed E-state index contributed by atoms with van der Waals surface area (Å²) in [5.41, 5.74) is -0.450. The standard InChI is InChI=1S/C15H18BrN3O4/c1-23-12-10(16)2-3-11(17-12)19-9-6-15(13(19)20)4-7-18(8-5-15)14(21)22/h2-3H,4-9H2,1H3,(H,21,22). The summed E-state index contributed by atoms with van der Waals surface area (Å²) in [5, 5.41) is 9.05. The number of ether oxygens (including phenoxy) is 1. The lowest BCUT2D eigenvalue weighted by Crippen LogP contribution is -2.46. The van der Waals surface area contributed by atoms with Crippen LogP contribution in [-0.4, -0.2) is 53.7 Å². The van der Waals surface area contributed by atoms with E-state index in [9.17, 15) is 9.59 Å². The summed E-state index contributed by atoms with van der Waals surface area (Å²) in [7, 11) is 1.53. The van der Waals surface area contributed by atoms with Gasteiger partial charge in [0.1, 0.15) is 5.82 Å². The van der Waals surface area contributed by atoms with E-state index < -0.39 is 11.5 Å². The molecule has 2 aliphatic rings. The van der Waals surface area contributed by atoms with Crippen LogP contribution in [0.4, 0.5) is 10.6 Å². The zero-order valence-corrected chi connectivity index (χ0v) is 14.4. The normalized spacial score (nSPS) is 20.2. The van der Waals surface area contributed by atoms with Crippen molar-refractivity contribution in [3.05, 3.63) is 16.6 Å². The molecule has 0 radical (unpaired) electrons. The fraction of sp³-hybridized carbons (Fsp3) is 0.533. The van der Waals surface area contributed by atoms with E-state index in [0.717, 1.165) is 10.9 Å². The summed E-state index contributed by atoms with van der Waals surface area (Å²) in [6.45, 7) is 1.42. The second-order valence-electron chi connectivity index (χ2n) is 5.92. The van der Waals surface area contributed by atoms with Gasteiger partial charge in [-0.05, 0) is 47.3 Å². The molecule has 3 rings (SSSR count). The summed E-state index contributed by atoms with van der Waals surface area (Å²) in [5.74, 6) is 1.06. The number of aromatic nitrogens is 1. The fourth-order valence-corrected chi connectivity index (χ4v) is 3.72. The number of halogens is 1. The number of likely N-dealkylation sites (tertiary alicyclic amines) is 1. The van der Waals surface area contributed by atoms with E-state index in [4.69, 9.17) is 9.84 Å². The number of hydrogen-bond acceptors (Lipinski definition) is 4. The van der Waals surface area contributed by atoms with Gasteiger partial charge in [0.2, 0.25) is 11.8 Å². The predicted octanol–water partition coefficient (Wildman–Crippen LogP) is 2.35. The Hall–Kier alpha value is -1.83. The highest BCUT2D eigenvalue weighted by molar-refractivity contribution is 9.10. The van der Waals surface area contributed by atoms with Crippen LogP contribution in [0.1, 0.15) is 19.3 Å². The first-order chi connectivity index (χ1) is 11.0. The third-order valence-corrected chi connectivity index (χ3v) is 5.38. The van der Waals surface area contributed by atoms with Gasteiger partial charge in [0, 0.05) is 19.6 Å². The Labute approximate surface area is 142 Å². The van der Waals surface area contributed by atoms with Crippen molar-refractivity contribution in [1.82, 2.24) is 9.88 Å². The van der Waals surface area contributed by atoms with Crippen molar-refractivity contribution in [3.8, 4) is 5.88 Å². The molecule has 2 amide bonds. The number of nitrogens with zero attached hydrogens (tertiary/aromatic N) is 3. The number of hydrogen-bond donors (Lipinski definition) is 1. The number of methoxy groups -OCH3 is 1. The SMILES string of the molecule is COc1nc(N2CCC3(CCN(C(=O)O)CC3)C2=O)ccc1Br. The van der Waals surface area contributed by atoms with Gasteiger partial charge >= 0.3 is 6.09 Å². The van der Waals surface area contributed by atoms with E-state index in [1.807, 2.05) is 6.07 Å². The summed E-state index contributed by atoms with van der Waals surface area (Å²) >= 11 is 3.35. The lowest BCUT2D eigenvalue weighted by Gasteiger charge is -2.36. The van der Waals surface area contributed by atoms with E-state index in [1.165, 1.54) is 12.0 Å². The number of carboxylic acid groups (broad SMARTS) is 1. The largest absolute Gasteiger partial charge is 0.480 e. The maximum atomic E-state index is 12.9. The molecule has 0 saturated carbocycles. The van der Waals surface area contributed by atoms with Gasteiger partial charge in [-0.15, -0.1) is 0 Å². The third-order valence-electron chi connectivity index (χ3n) is 4.77. The van der Waals surface area contributed by atoms with Crippen LogP contribution >= 0.6 is 15.9 Å². The summed E-state index contributed by atoms with van der Waals surface area (Å²) in [6.07, 6.45) is 0.964. The molecule has 23 heavy (non-hydrogen) atoms. The summed E-state index contributed by atoms with van der Waals surface area (Å²) < 4.78 is 5.93. The Morgan fingerprint density at radius 2 is 1.96 bits per heavy atom. The lowest BCUT2D eigenvalue weighted by molar-refractivity contribution is -0.127. The van der Waals surface area contributed by atoms with Gasteiger partial charge in [-0.1, -0.05) is 0 Å². The molecule has 124 valence electrons. The Bertz CT molecular complexity index is 644. The van der Waals surface area contributed by atoms with Gasteiger partial charge in [-0.25, -0.2) is 4.79 Å². The van der Waals surface area contributed by atoms with Crippen molar-refractivity contribution in [3.63, 3.8) is 0 Å². The first kappa shape index (κ1) is 16.0. The highest BCUT2D eigenvalue weighted by atomic mass is 79.9. The number of pyridine rings is 1. The molecule has 0 atom stereocenters. The highest BCUT2D eigenvalue weighted by Crippen LogP contribution is 2.43. The zero-order valence-electron chi connectivity index (χ0n) is 12.8. The van der Waals surface area contributed by atoms with E-state index >= 15 is 0 Å². The van der Waals surface area contributed by atoms with Crippen LogP contribution in [0.25, 0.3) is 0 Å². The Balaban J connectivity index is 1.78. The molecule has 8 heteroatoms. The minimum Gasteiger partial charge on any atom is -0.480 e. The molecule has 3 heterocycles. The molecular weight excluding hydrogens is 366 g/mol. The number of carbonyl (C=O) groups excluding carboxylic acids is 1. The van der Waals surface area contributed by atoms with Crippen molar-refractivity contribution >= 4 is 33.7 Å². The van der Waals surface area contributed by atoms with Crippen LogP contribution in [0.15, 0.2) is 16.6 Å². The van der Waals surface area contributed by atoms with Gasteiger partial charge in [0.05, 0.1) is 17.0 Å². The van der Waals surface area contributed by atoms with Gasteiger partial charge < -0.3 is 14.7 Å². The quantitative estimate of drug-likeness (QED) is 0.847. The average Bonchev–Trinajstić information content (AvgIpc) is 2.85. The van der Waals surface area contributed by atoms with Crippen molar-refractivity contribution < 1.29 is 19.4 Å². The minimum absolute atomic E-state index is 0.0411. The van der Waals surface area contributed by atoms with Crippen molar-refractivity contribution in [2.45, 2.75) is 19.3 Å². The molecule has 0 bridgehead atoms. The first-order valence-corrected chi connectivity index (χ1v) is 8.26. The van der Waals surface area contributed by atoms with Crippen LogP contribution in [0.5, 0.6) is 5.88 Å². The minimum atomic E-state index is -0.915. The second kappa shape index (κ2) is 5.99. The molecule has 7 nitrogen and oxygen atoms in total. The highest BCUT2D eigenvalue weighted by Gasteiger charge is 2.49. The Morgan fingerprint density at radius 1 is 1.30 bits per heavy atom. The Kier molecular flexibility index (Phi) is 4.18. The third kappa shape index (κ3) is 2.75. The van der Waals surface area contributed by atoms with Gasteiger partial charge in [0.15, 0.2) is 0 Å². The number of amides is 2. The maximum Gasteiger partial charge on any atom is 0.407 e. The summed E-state index contributed by atoms with van der Waals surface area (Å²) in [4.78, 5) is 31.4. The number of anilines is 1. The molecular formula is C15H18BrN3O4. The van der Waals surface area contributed by atoms with Gasteiger partial charge in [-0.3, -0.25) is 9.69 Å². The van der Waals surface area contributed by atoms with Crippen molar-refractivity contribution in [1.29, 1.82) is 0 Å². The van der Waals surface area contributed by atoms with E-state index in [-0.39, 0.29) is 5.91 Å². The summed E-state index contributed by atoms with van der Waals surface area (Å²) in [6, 6.07) is 3.60. The number of rotatable bonds is 2. The van der Waals surface area contributed by atoms with Gasteiger partial charge in [0.25, 0.3) is 0 Å². The van der Waals surface area contributed by atoms with Crippen LogP contribution in [0.2, 0.25) is 0 Å². The molecule has 1 spiro atoms. The molecule has 0 aromatic carbocycles. The maximum absolute atomic E-state index is 12.9. The van der Waals surface area contributed by atoms with Gasteiger partial charge in [-0.2, -0.15) is 4.98 Å². The smallest absolute Gasteiger partial charge is 0.407 e. The van der Waals surface area contributed by atoms with Crippen molar-refractivity contribution in [2.24, 2.45) is 5.41 Å². The molecule has 0 aliphatic carbocycles. The second-order valence-corrected chi connectivity index (χ2v) is 6.77. The number of piperidine rings is 1. The molecule has 2 aliphatic heterocycles. The fourth-order valence-electron chi connectivity index (χ4n) is 3.34. The lowest BCUT2D eigenvalue weighted by atomic mass is 9.77. The van der Waals surface area contributed by atoms with E-state index in [2.05, 4.69) is 20.9 Å². The molecule has 1 N–H and O–H groups in total. The monoisotopic (exact) mass is 383 g/mol. The van der Waals surface area contributed by atoms with E-state index in [0.29, 0.717) is 44.2 Å². The topological polar surface area (TPSA) is 83.0 Å². The van der Waals surface area contributed by atoms with Crippen LogP contribution < -0.4 is 9.64 Å². The average molecular weight is 384 g/mol. The van der Waals surface area contributed by atoms with E-state index in [1.54, 1.807) is 11.0 Å². The van der Waals surface area contributed by atoms with Crippen LogP contribution in [0, 0.1) is 5.41 Å². The molecule has 2 fully saturated rings. The van der Waals surface area contributed by atoms with Crippen LogP contribution in [0.3, 0.4) is 0 Å². The molecule has 0 unspecified atom stereocenters. The molecule has 1 aromatic heterocycles. The number of carbonyl (C=O) groups is 2. The van der Waals surface area contributed by atoms with Crippen LogP contribution in [-0.2, 0) is 4.79 Å². The first-order valence-electron chi connectivity index (χ1n) is 7.47.